The molecule has 0 amide bonds. The molecule has 1 saturated heterocycles. The fourth-order valence-corrected chi connectivity index (χ4v) is 3.24. The van der Waals surface area contributed by atoms with E-state index < -0.39 is 12.1 Å². The molecular formula is C21H29NO4. The summed E-state index contributed by atoms with van der Waals surface area (Å²) in [4.78, 5) is 25.2. The van der Waals surface area contributed by atoms with Gasteiger partial charge in [0, 0.05) is 19.5 Å². The van der Waals surface area contributed by atoms with Crippen LogP contribution in [0.4, 0.5) is 0 Å². The molecule has 1 heterocycles. The molecule has 1 fully saturated rings. The van der Waals surface area contributed by atoms with E-state index in [1.807, 2.05) is 18.2 Å². The summed E-state index contributed by atoms with van der Waals surface area (Å²) in [6.45, 7) is 3.60. The molecule has 5 nitrogen and oxygen atoms in total. The lowest BCUT2D eigenvalue weighted by atomic mass is 10.1. The predicted octanol–water partition coefficient (Wildman–Crippen LogP) is 3.07. The highest BCUT2D eigenvalue weighted by Crippen LogP contribution is 2.17. The van der Waals surface area contributed by atoms with Gasteiger partial charge < -0.3 is 10.2 Å². The second kappa shape index (κ2) is 10.2. The molecule has 5 heteroatoms. The van der Waals surface area contributed by atoms with Crippen LogP contribution in [0, 0.1) is 0 Å². The van der Waals surface area contributed by atoms with Crippen molar-refractivity contribution in [2.75, 3.05) is 13.1 Å². The van der Waals surface area contributed by atoms with Gasteiger partial charge in [-0.25, -0.2) is 4.79 Å². The zero-order valence-corrected chi connectivity index (χ0v) is 15.4. The molecule has 1 aromatic rings. The van der Waals surface area contributed by atoms with Crippen molar-refractivity contribution >= 4 is 11.8 Å². The molecule has 142 valence electrons. The molecule has 1 aliphatic heterocycles. The molecule has 0 radical (unpaired) electrons. The number of Topliss-reactive ketones (excluding diaryl/α,β-unsaturated/α-hetero) is 1. The molecule has 0 aliphatic carbocycles. The first kappa shape index (κ1) is 20.3. The maximum absolute atomic E-state index is 12.1. The Bertz CT molecular complexity index is 623. The fourth-order valence-electron chi connectivity index (χ4n) is 3.24. The number of ketones is 1. The molecular weight excluding hydrogens is 330 g/mol. The van der Waals surface area contributed by atoms with Gasteiger partial charge in [-0.3, -0.25) is 9.69 Å². The summed E-state index contributed by atoms with van der Waals surface area (Å²) < 4.78 is 0. The summed E-state index contributed by atoms with van der Waals surface area (Å²) in [6.07, 6.45) is 8.39. The number of hydrogen-bond acceptors (Lipinski definition) is 4. The van der Waals surface area contributed by atoms with E-state index in [2.05, 4.69) is 11.8 Å². The summed E-state index contributed by atoms with van der Waals surface area (Å²) in [7, 11) is 0. The van der Waals surface area contributed by atoms with E-state index in [0.29, 0.717) is 6.42 Å². The van der Waals surface area contributed by atoms with E-state index in [9.17, 15) is 14.7 Å². The van der Waals surface area contributed by atoms with Gasteiger partial charge in [-0.15, -0.1) is 0 Å². The highest BCUT2D eigenvalue weighted by atomic mass is 16.4. The van der Waals surface area contributed by atoms with Gasteiger partial charge in [0.05, 0.1) is 17.7 Å². The van der Waals surface area contributed by atoms with Crippen molar-refractivity contribution < 1.29 is 19.8 Å². The number of aromatic carboxylic acids is 1. The van der Waals surface area contributed by atoms with Gasteiger partial charge in [-0.2, -0.15) is 0 Å². The summed E-state index contributed by atoms with van der Waals surface area (Å²) >= 11 is 0. The van der Waals surface area contributed by atoms with Crippen LogP contribution in [0.1, 0.15) is 54.9 Å². The van der Waals surface area contributed by atoms with Gasteiger partial charge in [-0.05, 0) is 30.5 Å². The van der Waals surface area contributed by atoms with Crippen LogP contribution >= 0.6 is 0 Å². The third-order valence-corrected chi connectivity index (χ3v) is 4.88. The van der Waals surface area contributed by atoms with E-state index in [4.69, 9.17) is 5.11 Å². The number of carboxylic acid groups (broad SMARTS) is 1. The number of aliphatic hydroxyl groups excluding tert-OH is 1. The second-order valence-electron chi connectivity index (χ2n) is 6.90. The number of nitrogens with zero attached hydrogens (tertiary/aromatic N) is 1. The van der Waals surface area contributed by atoms with Gasteiger partial charge in [0.2, 0.25) is 0 Å². The molecule has 0 aromatic heterocycles. The zero-order valence-electron chi connectivity index (χ0n) is 15.4. The predicted molar refractivity (Wildman–Crippen MR) is 101 cm³/mol. The number of aliphatic hydroxyl groups is 1. The van der Waals surface area contributed by atoms with Gasteiger partial charge in [0.25, 0.3) is 0 Å². The number of carboxylic acids is 1. The first-order valence-electron chi connectivity index (χ1n) is 9.46. The van der Waals surface area contributed by atoms with Crippen LogP contribution in [-0.2, 0) is 11.2 Å². The minimum atomic E-state index is -0.926. The van der Waals surface area contributed by atoms with Crippen LogP contribution < -0.4 is 0 Å². The average Bonchev–Trinajstić information content (AvgIpc) is 2.98. The molecule has 26 heavy (non-hydrogen) atoms. The van der Waals surface area contributed by atoms with Gasteiger partial charge in [0.15, 0.2) is 5.78 Å². The quantitative estimate of drug-likeness (QED) is 0.496. The van der Waals surface area contributed by atoms with Crippen LogP contribution in [0.3, 0.4) is 0 Å². The Morgan fingerprint density at radius 2 is 2.04 bits per heavy atom. The van der Waals surface area contributed by atoms with Gasteiger partial charge >= 0.3 is 5.97 Å². The van der Waals surface area contributed by atoms with Crippen LogP contribution in [-0.4, -0.2) is 52.1 Å². The van der Waals surface area contributed by atoms with Crippen molar-refractivity contribution in [2.24, 2.45) is 0 Å². The van der Waals surface area contributed by atoms with Crippen molar-refractivity contribution in [3.8, 4) is 0 Å². The van der Waals surface area contributed by atoms with Crippen molar-refractivity contribution in [1.29, 1.82) is 0 Å². The Balaban J connectivity index is 1.87. The zero-order chi connectivity index (χ0) is 18.9. The lowest BCUT2D eigenvalue weighted by molar-refractivity contribution is -0.118. The van der Waals surface area contributed by atoms with E-state index in [-0.39, 0.29) is 17.4 Å². The molecule has 0 bridgehead atoms. The lowest BCUT2D eigenvalue weighted by Crippen LogP contribution is -2.33. The SMILES string of the molecule is CCCCC[C@H](O)/C=C/[C@@H]1C(=O)CCN1CCc1ccc(C(=O)O)cc1. The molecule has 2 N–H and O–H groups in total. The lowest BCUT2D eigenvalue weighted by Gasteiger charge is -2.21. The Labute approximate surface area is 155 Å². The summed E-state index contributed by atoms with van der Waals surface area (Å²) in [6, 6.07) is 6.61. The topological polar surface area (TPSA) is 77.8 Å². The number of hydrogen-bond donors (Lipinski definition) is 2. The molecule has 2 atom stereocenters. The molecule has 0 saturated carbocycles. The summed E-state index contributed by atoms with van der Waals surface area (Å²) in [5.41, 5.74) is 1.33. The van der Waals surface area contributed by atoms with Crippen LogP contribution in [0.2, 0.25) is 0 Å². The molecule has 2 rings (SSSR count). The van der Waals surface area contributed by atoms with E-state index in [1.165, 1.54) is 0 Å². The monoisotopic (exact) mass is 359 g/mol. The minimum Gasteiger partial charge on any atom is -0.478 e. The van der Waals surface area contributed by atoms with Crippen LogP contribution in [0.15, 0.2) is 36.4 Å². The standard InChI is InChI=1S/C21H29NO4/c1-2-3-4-5-18(23)10-11-19-20(24)13-15-22(19)14-12-16-6-8-17(9-7-16)21(25)26/h6-11,18-19,23H,2-5,12-15H2,1H3,(H,25,26)/b11-10+/t18-,19+/m0/s1. The first-order valence-corrected chi connectivity index (χ1v) is 9.46. The number of rotatable bonds is 10. The molecule has 0 spiro atoms. The number of carbonyl (C=O) groups is 2. The number of likely N-dealkylation sites (tertiary alicyclic amines) is 1. The summed E-state index contributed by atoms with van der Waals surface area (Å²) in [5.74, 6) is -0.729. The van der Waals surface area contributed by atoms with E-state index in [1.54, 1.807) is 18.2 Å². The van der Waals surface area contributed by atoms with Gasteiger partial charge in [-0.1, -0.05) is 50.5 Å². The highest BCUT2D eigenvalue weighted by Gasteiger charge is 2.29. The van der Waals surface area contributed by atoms with Crippen molar-refractivity contribution in [2.45, 2.75) is 57.6 Å². The number of benzene rings is 1. The van der Waals surface area contributed by atoms with Gasteiger partial charge in [0.1, 0.15) is 0 Å². The highest BCUT2D eigenvalue weighted by molar-refractivity contribution is 5.88. The number of carbonyl (C=O) groups excluding carboxylic acids is 1. The normalized spacial score (nSPS) is 19.3. The Morgan fingerprint density at radius 3 is 2.69 bits per heavy atom. The van der Waals surface area contributed by atoms with E-state index in [0.717, 1.165) is 50.8 Å². The van der Waals surface area contributed by atoms with Crippen molar-refractivity contribution in [3.63, 3.8) is 0 Å². The number of unbranched alkanes of at least 4 members (excludes halogenated alkanes) is 2. The molecule has 0 unspecified atom stereocenters. The third kappa shape index (κ3) is 6.07. The largest absolute Gasteiger partial charge is 0.478 e. The third-order valence-electron chi connectivity index (χ3n) is 4.88. The smallest absolute Gasteiger partial charge is 0.335 e. The fraction of sp³-hybridized carbons (Fsp3) is 0.524. The first-order chi connectivity index (χ1) is 12.5. The average molecular weight is 359 g/mol. The Hall–Kier alpha value is -1.98. The Kier molecular flexibility index (Phi) is 8.01. The molecule has 1 aliphatic rings. The molecule has 1 aromatic carbocycles. The van der Waals surface area contributed by atoms with Crippen LogP contribution in [0.25, 0.3) is 0 Å². The summed E-state index contributed by atoms with van der Waals surface area (Å²) in [5, 5.41) is 19.0. The maximum atomic E-state index is 12.1. The van der Waals surface area contributed by atoms with Crippen LogP contribution in [0.5, 0.6) is 0 Å². The second-order valence-corrected chi connectivity index (χ2v) is 6.90. The van der Waals surface area contributed by atoms with Crippen molar-refractivity contribution in [3.05, 3.63) is 47.5 Å². The maximum Gasteiger partial charge on any atom is 0.335 e. The minimum absolute atomic E-state index is 0.197. The van der Waals surface area contributed by atoms with Crippen molar-refractivity contribution in [1.82, 2.24) is 4.90 Å². The van der Waals surface area contributed by atoms with E-state index >= 15 is 0 Å². The Morgan fingerprint density at radius 1 is 1.31 bits per heavy atom.